The maximum Gasteiger partial charge on any atom is 0.0485 e. The van der Waals surface area contributed by atoms with E-state index in [0.717, 1.165) is 16.7 Å². The van der Waals surface area contributed by atoms with Gasteiger partial charge in [-0.05, 0) is 36.2 Å². The second kappa shape index (κ2) is 5.09. The number of hydrogen-bond donors (Lipinski definition) is 1. The van der Waals surface area contributed by atoms with E-state index in [1.807, 2.05) is 37.3 Å². The van der Waals surface area contributed by atoms with E-state index >= 15 is 0 Å². The lowest BCUT2D eigenvalue weighted by Crippen LogP contribution is -2.06. The third-order valence-corrected chi connectivity index (χ3v) is 3.23. The fraction of sp³-hybridized carbons (Fsp3) is 0.143. The zero-order valence-electron chi connectivity index (χ0n) is 9.45. The van der Waals surface area contributed by atoms with E-state index in [2.05, 4.69) is 0 Å². The van der Waals surface area contributed by atoms with Crippen molar-refractivity contribution in [2.24, 2.45) is 5.73 Å². The molecule has 1 atom stereocenters. The summed E-state index contributed by atoms with van der Waals surface area (Å²) in [7, 11) is 0. The topological polar surface area (TPSA) is 26.0 Å². The van der Waals surface area contributed by atoms with Gasteiger partial charge < -0.3 is 5.73 Å². The van der Waals surface area contributed by atoms with Gasteiger partial charge in [0, 0.05) is 21.7 Å². The Morgan fingerprint density at radius 2 is 1.71 bits per heavy atom. The SMILES string of the molecule is CC(N)c1ccccc1-c1cc(Cl)ccc1Cl. The number of benzene rings is 2. The second-order valence-corrected chi connectivity index (χ2v) is 4.84. The number of nitrogens with two attached hydrogens (primary N) is 1. The Morgan fingerprint density at radius 3 is 2.41 bits per heavy atom. The normalized spacial score (nSPS) is 12.5. The van der Waals surface area contributed by atoms with Gasteiger partial charge in [-0.3, -0.25) is 0 Å². The van der Waals surface area contributed by atoms with Crippen LogP contribution in [-0.4, -0.2) is 0 Å². The van der Waals surface area contributed by atoms with Gasteiger partial charge in [-0.25, -0.2) is 0 Å². The summed E-state index contributed by atoms with van der Waals surface area (Å²) in [5, 5.41) is 1.35. The Morgan fingerprint density at radius 1 is 1.00 bits per heavy atom. The van der Waals surface area contributed by atoms with Gasteiger partial charge in [0.05, 0.1) is 0 Å². The average molecular weight is 266 g/mol. The largest absolute Gasteiger partial charge is 0.324 e. The van der Waals surface area contributed by atoms with E-state index < -0.39 is 0 Å². The molecule has 0 aromatic heterocycles. The molecule has 0 fully saturated rings. The second-order valence-electron chi connectivity index (χ2n) is 4.00. The van der Waals surface area contributed by atoms with Gasteiger partial charge in [-0.2, -0.15) is 0 Å². The van der Waals surface area contributed by atoms with E-state index in [0.29, 0.717) is 10.0 Å². The van der Waals surface area contributed by atoms with Crippen molar-refractivity contribution in [1.29, 1.82) is 0 Å². The first-order valence-corrected chi connectivity index (χ1v) is 6.15. The summed E-state index contributed by atoms with van der Waals surface area (Å²) in [6.07, 6.45) is 0. The summed E-state index contributed by atoms with van der Waals surface area (Å²) in [6, 6.07) is 13.4. The molecule has 2 rings (SSSR count). The Labute approximate surface area is 111 Å². The van der Waals surface area contributed by atoms with Crippen LogP contribution in [0.25, 0.3) is 11.1 Å². The first-order valence-electron chi connectivity index (χ1n) is 5.39. The highest BCUT2D eigenvalue weighted by molar-refractivity contribution is 6.35. The van der Waals surface area contributed by atoms with Crippen LogP contribution in [0.3, 0.4) is 0 Å². The summed E-state index contributed by atoms with van der Waals surface area (Å²) in [4.78, 5) is 0. The molecule has 0 saturated heterocycles. The molecule has 0 saturated carbocycles. The van der Waals surface area contributed by atoms with E-state index in [9.17, 15) is 0 Å². The summed E-state index contributed by atoms with van der Waals surface area (Å²) in [5.74, 6) is 0. The monoisotopic (exact) mass is 265 g/mol. The van der Waals surface area contributed by atoms with Crippen molar-refractivity contribution < 1.29 is 0 Å². The molecule has 2 aromatic carbocycles. The molecule has 2 aromatic rings. The van der Waals surface area contributed by atoms with Crippen molar-refractivity contribution in [3.05, 3.63) is 58.1 Å². The third kappa shape index (κ3) is 2.63. The van der Waals surface area contributed by atoms with Crippen LogP contribution in [0.15, 0.2) is 42.5 Å². The fourth-order valence-corrected chi connectivity index (χ4v) is 2.23. The van der Waals surface area contributed by atoms with Crippen LogP contribution in [0, 0.1) is 0 Å². The van der Waals surface area contributed by atoms with Crippen molar-refractivity contribution in [2.75, 3.05) is 0 Å². The first-order chi connectivity index (χ1) is 8.09. The molecule has 1 nitrogen and oxygen atoms in total. The van der Waals surface area contributed by atoms with Gasteiger partial charge >= 0.3 is 0 Å². The summed E-state index contributed by atoms with van der Waals surface area (Å²) in [6.45, 7) is 1.96. The van der Waals surface area contributed by atoms with Gasteiger partial charge in [-0.15, -0.1) is 0 Å². The fourth-order valence-electron chi connectivity index (χ4n) is 1.84. The Kier molecular flexibility index (Phi) is 3.72. The molecule has 0 bridgehead atoms. The Bertz CT molecular complexity index is 535. The summed E-state index contributed by atoms with van der Waals surface area (Å²) >= 11 is 12.2. The van der Waals surface area contributed by atoms with Crippen molar-refractivity contribution in [3.8, 4) is 11.1 Å². The molecule has 88 valence electrons. The molecule has 0 radical (unpaired) electrons. The average Bonchev–Trinajstić information content (AvgIpc) is 2.32. The lowest BCUT2D eigenvalue weighted by molar-refractivity contribution is 0.820. The minimum Gasteiger partial charge on any atom is -0.324 e. The Balaban J connectivity index is 2.64. The van der Waals surface area contributed by atoms with Gasteiger partial charge in [0.2, 0.25) is 0 Å². The van der Waals surface area contributed by atoms with Crippen LogP contribution in [0.2, 0.25) is 10.0 Å². The van der Waals surface area contributed by atoms with E-state index in [4.69, 9.17) is 28.9 Å². The molecular weight excluding hydrogens is 253 g/mol. The van der Waals surface area contributed by atoms with Crippen LogP contribution in [0.1, 0.15) is 18.5 Å². The molecule has 0 aliphatic rings. The lowest BCUT2D eigenvalue weighted by atomic mass is 9.96. The molecule has 17 heavy (non-hydrogen) atoms. The summed E-state index contributed by atoms with van der Waals surface area (Å²) in [5.41, 5.74) is 8.99. The molecular formula is C14H13Cl2N. The minimum atomic E-state index is -0.0405. The van der Waals surface area contributed by atoms with Gasteiger partial charge in [0.15, 0.2) is 0 Å². The van der Waals surface area contributed by atoms with Gasteiger partial charge in [0.1, 0.15) is 0 Å². The zero-order valence-corrected chi connectivity index (χ0v) is 11.0. The van der Waals surface area contributed by atoms with Crippen LogP contribution < -0.4 is 5.73 Å². The molecule has 0 amide bonds. The number of rotatable bonds is 2. The van der Waals surface area contributed by atoms with E-state index in [-0.39, 0.29) is 6.04 Å². The smallest absolute Gasteiger partial charge is 0.0485 e. The van der Waals surface area contributed by atoms with E-state index in [1.54, 1.807) is 12.1 Å². The third-order valence-electron chi connectivity index (χ3n) is 2.67. The van der Waals surface area contributed by atoms with Crippen molar-refractivity contribution in [3.63, 3.8) is 0 Å². The highest BCUT2D eigenvalue weighted by Crippen LogP contribution is 2.34. The van der Waals surface area contributed by atoms with Crippen LogP contribution >= 0.6 is 23.2 Å². The van der Waals surface area contributed by atoms with Crippen LogP contribution in [0.5, 0.6) is 0 Å². The predicted molar refractivity (Wildman–Crippen MR) is 74.5 cm³/mol. The van der Waals surface area contributed by atoms with Gasteiger partial charge in [-0.1, -0.05) is 47.5 Å². The predicted octanol–water partition coefficient (Wildman–Crippen LogP) is 4.68. The van der Waals surface area contributed by atoms with Crippen molar-refractivity contribution in [2.45, 2.75) is 13.0 Å². The highest BCUT2D eigenvalue weighted by Gasteiger charge is 2.11. The van der Waals surface area contributed by atoms with Gasteiger partial charge in [0.25, 0.3) is 0 Å². The molecule has 1 unspecified atom stereocenters. The zero-order chi connectivity index (χ0) is 12.4. The maximum absolute atomic E-state index is 6.21. The molecule has 3 heteroatoms. The highest BCUT2D eigenvalue weighted by atomic mass is 35.5. The number of hydrogen-bond acceptors (Lipinski definition) is 1. The van der Waals surface area contributed by atoms with Crippen LogP contribution in [-0.2, 0) is 0 Å². The molecule has 0 spiro atoms. The van der Waals surface area contributed by atoms with E-state index in [1.165, 1.54) is 0 Å². The van der Waals surface area contributed by atoms with Crippen LogP contribution in [0.4, 0.5) is 0 Å². The molecule has 0 aliphatic heterocycles. The number of halogens is 2. The Hall–Kier alpha value is -1.02. The minimum absolute atomic E-state index is 0.0405. The molecule has 2 N–H and O–H groups in total. The molecule has 0 aliphatic carbocycles. The first kappa shape index (κ1) is 12.4. The lowest BCUT2D eigenvalue weighted by Gasteiger charge is -2.14. The van der Waals surface area contributed by atoms with Crippen molar-refractivity contribution in [1.82, 2.24) is 0 Å². The molecule has 0 heterocycles. The van der Waals surface area contributed by atoms with Crippen molar-refractivity contribution >= 4 is 23.2 Å². The summed E-state index contributed by atoms with van der Waals surface area (Å²) < 4.78 is 0. The quantitative estimate of drug-likeness (QED) is 0.839. The standard InChI is InChI=1S/C14H13Cl2N/c1-9(17)11-4-2-3-5-12(11)13-8-10(15)6-7-14(13)16/h2-9H,17H2,1H3. The maximum atomic E-state index is 6.21.